The maximum atomic E-state index is 10.6. The van der Waals surface area contributed by atoms with E-state index in [0.717, 1.165) is 18.4 Å². The molecule has 1 saturated carbocycles. The molecule has 0 atom stereocenters. The molecule has 2 N–H and O–H groups in total. The van der Waals surface area contributed by atoms with E-state index in [1.165, 1.54) is 24.0 Å². The van der Waals surface area contributed by atoms with Crippen molar-refractivity contribution in [1.29, 1.82) is 0 Å². The van der Waals surface area contributed by atoms with E-state index in [0.29, 0.717) is 0 Å². The average Bonchev–Trinajstić information content (AvgIpc) is 2.36. The van der Waals surface area contributed by atoms with Gasteiger partial charge in [0.05, 0.1) is 0 Å². The van der Waals surface area contributed by atoms with Gasteiger partial charge in [0.1, 0.15) is 0 Å². The Balaban J connectivity index is 0.000000295. The zero-order valence-corrected chi connectivity index (χ0v) is 13.0. The van der Waals surface area contributed by atoms with Gasteiger partial charge in [0, 0.05) is 6.04 Å². The molecule has 0 saturated heterocycles. The number of carboxylic acid groups (broad SMARTS) is 1. The Morgan fingerprint density at radius 1 is 1.32 bits per heavy atom. The van der Waals surface area contributed by atoms with Gasteiger partial charge in [0.25, 0.3) is 0 Å². The minimum absolute atomic E-state index is 0.751. The molecule has 2 rings (SSSR count). The number of rotatable bonds is 3. The van der Waals surface area contributed by atoms with E-state index in [-0.39, 0.29) is 0 Å². The van der Waals surface area contributed by atoms with Gasteiger partial charge < -0.3 is 10.4 Å². The number of hydrogen-bond donors (Lipinski definition) is 2. The Hall–Kier alpha value is -1.56. The van der Waals surface area contributed by atoms with Crippen molar-refractivity contribution in [3.63, 3.8) is 0 Å². The number of carboxylic acids is 1. The van der Waals surface area contributed by atoms with Gasteiger partial charge in [-0.15, -0.1) is 0 Å². The predicted molar refractivity (Wildman–Crippen MR) is 79.1 cm³/mol. The van der Waals surface area contributed by atoms with Crippen LogP contribution in [0.25, 0.3) is 0 Å². The number of alkyl halides is 3. The van der Waals surface area contributed by atoms with Crippen LogP contribution in [0.4, 0.5) is 13.2 Å². The van der Waals surface area contributed by atoms with Crippen molar-refractivity contribution in [1.82, 2.24) is 5.32 Å². The van der Waals surface area contributed by atoms with Gasteiger partial charge in [-0.1, -0.05) is 30.7 Å². The second-order valence-electron chi connectivity index (χ2n) is 5.56. The number of hydrogen-bond acceptors (Lipinski definition) is 2. The molecular weight excluding hydrogens is 295 g/mol. The van der Waals surface area contributed by atoms with Crippen LogP contribution in [0.1, 0.15) is 42.4 Å². The first-order valence-corrected chi connectivity index (χ1v) is 7.25. The Kier molecular flexibility index (Phi) is 6.41. The van der Waals surface area contributed by atoms with E-state index in [1.54, 1.807) is 5.56 Å². The number of aryl methyl sites for hydroxylation is 2. The Morgan fingerprint density at radius 2 is 1.86 bits per heavy atom. The van der Waals surface area contributed by atoms with Gasteiger partial charge in [-0.3, -0.25) is 0 Å². The number of benzene rings is 1. The predicted octanol–water partition coefficient (Wildman–Crippen LogP) is 3.66. The lowest BCUT2D eigenvalue weighted by Gasteiger charge is -2.35. The van der Waals surface area contributed by atoms with Crippen LogP contribution in [0, 0.1) is 6.92 Å². The summed E-state index contributed by atoms with van der Waals surface area (Å²) in [5.41, 5.74) is 4.45. The van der Waals surface area contributed by atoms with Crippen molar-refractivity contribution in [2.45, 2.75) is 51.2 Å². The molecule has 1 aromatic carbocycles. The Bertz CT molecular complexity index is 509. The standard InChI is InChI=1S/C14H21N.C2HF3O2/c1-4-11-5-10(2)6-12(7-11)13-8-14(9-13)15-3;3-2(4,5)1(6)7/h5-7,13-15H,4,8-9H2,1-3H3;(H,6,7). The van der Waals surface area contributed by atoms with Crippen LogP contribution in [0.2, 0.25) is 0 Å². The second-order valence-corrected chi connectivity index (χ2v) is 5.56. The summed E-state index contributed by atoms with van der Waals surface area (Å²) in [7, 11) is 2.06. The highest BCUT2D eigenvalue weighted by Gasteiger charge is 2.38. The lowest BCUT2D eigenvalue weighted by atomic mass is 9.75. The van der Waals surface area contributed by atoms with Crippen molar-refractivity contribution < 1.29 is 23.1 Å². The van der Waals surface area contributed by atoms with Gasteiger partial charge in [0.15, 0.2) is 0 Å². The largest absolute Gasteiger partial charge is 0.490 e. The molecule has 0 aliphatic heterocycles. The van der Waals surface area contributed by atoms with Crippen LogP contribution >= 0.6 is 0 Å². The van der Waals surface area contributed by atoms with Gasteiger partial charge in [0.2, 0.25) is 0 Å². The van der Waals surface area contributed by atoms with E-state index >= 15 is 0 Å². The minimum atomic E-state index is -5.08. The molecule has 0 radical (unpaired) electrons. The zero-order valence-electron chi connectivity index (χ0n) is 13.0. The molecular formula is C16H22F3NO2. The summed E-state index contributed by atoms with van der Waals surface area (Å²) >= 11 is 0. The lowest BCUT2D eigenvalue weighted by Crippen LogP contribution is -2.37. The zero-order chi connectivity index (χ0) is 16.9. The molecule has 0 aromatic heterocycles. The third kappa shape index (κ3) is 5.33. The molecule has 1 aliphatic carbocycles. The van der Waals surface area contributed by atoms with Crippen LogP contribution in [0.5, 0.6) is 0 Å². The smallest absolute Gasteiger partial charge is 0.475 e. The number of halogens is 3. The molecule has 1 aliphatic rings. The Morgan fingerprint density at radius 3 is 2.27 bits per heavy atom. The molecule has 0 amide bonds. The van der Waals surface area contributed by atoms with E-state index in [9.17, 15) is 13.2 Å². The molecule has 0 bridgehead atoms. The third-order valence-corrected chi connectivity index (χ3v) is 3.83. The third-order valence-electron chi connectivity index (χ3n) is 3.83. The quantitative estimate of drug-likeness (QED) is 0.894. The topological polar surface area (TPSA) is 49.3 Å². The lowest BCUT2D eigenvalue weighted by molar-refractivity contribution is -0.192. The number of nitrogens with one attached hydrogen (secondary N) is 1. The first kappa shape index (κ1) is 18.5. The summed E-state index contributed by atoms with van der Waals surface area (Å²) in [6, 6.07) is 7.80. The van der Waals surface area contributed by atoms with Crippen molar-refractivity contribution in [3.05, 3.63) is 34.9 Å². The Labute approximate surface area is 128 Å². The molecule has 3 nitrogen and oxygen atoms in total. The van der Waals surface area contributed by atoms with Crippen LogP contribution in [-0.2, 0) is 11.2 Å². The summed E-state index contributed by atoms with van der Waals surface area (Å²) < 4.78 is 31.7. The van der Waals surface area contributed by atoms with E-state index in [4.69, 9.17) is 9.90 Å². The van der Waals surface area contributed by atoms with Crippen molar-refractivity contribution >= 4 is 5.97 Å². The van der Waals surface area contributed by atoms with Crippen molar-refractivity contribution in [3.8, 4) is 0 Å². The summed E-state index contributed by atoms with van der Waals surface area (Å²) in [6.45, 7) is 4.44. The average molecular weight is 317 g/mol. The van der Waals surface area contributed by atoms with Crippen LogP contribution in [-0.4, -0.2) is 30.3 Å². The molecule has 6 heteroatoms. The SMILES string of the molecule is CCc1cc(C)cc(C2CC(NC)C2)c1.O=C(O)C(F)(F)F. The van der Waals surface area contributed by atoms with Crippen LogP contribution < -0.4 is 5.32 Å². The molecule has 0 spiro atoms. The number of aliphatic carboxylic acids is 1. The first-order valence-electron chi connectivity index (χ1n) is 7.25. The highest BCUT2D eigenvalue weighted by atomic mass is 19.4. The first-order chi connectivity index (χ1) is 10.2. The van der Waals surface area contributed by atoms with E-state index < -0.39 is 12.1 Å². The molecule has 22 heavy (non-hydrogen) atoms. The molecule has 124 valence electrons. The maximum absolute atomic E-state index is 10.6. The summed E-state index contributed by atoms with van der Waals surface area (Å²) in [5.74, 6) is -1.96. The van der Waals surface area contributed by atoms with Gasteiger partial charge >= 0.3 is 12.1 Å². The monoisotopic (exact) mass is 317 g/mol. The van der Waals surface area contributed by atoms with Crippen LogP contribution in [0.3, 0.4) is 0 Å². The fraction of sp³-hybridized carbons (Fsp3) is 0.562. The molecule has 0 unspecified atom stereocenters. The van der Waals surface area contributed by atoms with E-state index in [1.807, 2.05) is 0 Å². The van der Waals surface area contributed by atoms with E-state index in [2.05, 4.69) is 44.4 Å². The van der Waals surface area contributed by atoms with Crippen molar-refractivity contribution in [2.24, 2.45) is 0 Å². The molecule has 1 fully saturated rings. The maximum Gasteiger partial charge on any atom is 0.490 e. The highest BCUT2D eigenvalue weighted by molar-refractivity contribution is 5.73. The molecule has 1 aromatic rings. The van der Waals surface area contributed by atoms with Gasteiger partial charge in [-0.25, -0.2) is 4.79 Å². The highest BCUT2D eigenvalue weighted by Crippen LogP contribution is 2.37. The minimum Gasteiger partial charge on any atom is -0.475 e. The van der Waals surface area contributed by atoms with Gasteiger partial charge in [-0.05, 0) is 50.3 Å². The molecule has 0 heterocycles. The van der Waals surface area contributed by atoms with Gasteiger partial charge in [-0.2, -0.15) is 13.2 Å². The fourth-order valence-electron chi connectivity index (χ4n) is 2.46. The fourth-order valence-corrected chi connectivity index (χ4v) is 2.46. The normalized spacial score (nSPS) is 20.6. The summed E-state index contributed by atoms with van der Waals surface area (Å²) in [5, 5.41) is 10.5. The van der Waals surface area contributed by atoms with Crippen molar-refractivity contribution in [2.75, 3.05) is 7.05 Å². The summed E-state index contributed by atoms with van der Waals surface area (Å²) in [4.78, 5) is 8.90. The summed E-state index contributed by atoms with van der Waals surface area (Å²) in [6.07, 6.45) is -1.32. The van der Waals surface area contributed by atoms with Crippen LogP contribution in [0.15, 0.2) is 18.2 Å². The number of carbonyl (C=O) groups is 1. The second kappa shape index (κ2) is 7.63.